The normalized spacial score (nSPS) is 12.5. The number of hydrogen-bond donors (Lipinski definition) is 0. The van der Waals surface area contributed by atoms with Crippen molar-refractivity contribution in [1.82, 2.24) is 14.5 Å². The van der Waals surface area contributed by atoms with Crippen LogP contribution >= 0.6 is 22.9 Å². The van der Waals surface area contributed by atoms with E-state index < -0.39 is 0 Å². The minimum Gasteiger partial charge on any atom is -0.345 e. The Bertz CT molecular complexity index is 647. The lowest BCUT2D eigenvalue weighted by Gasteiger charge is -2.24. The van der Waals surface area contributed by atoms with Gasteiger partial charge in [-0.1, -0.05) is 11.6 Å². The fourth-order valence-electron chi connectivity index (χ4n) is 2.21. The fraction of sp³-hybridized carbons (Fsp3) is 0.429. The maximum Gasteiger partial charge on any atom is 0.270 e. The Morgan fingerprint density at radius 2 is 2.15 bits per heavy atom. The molecule has 2 rings (SSSR count). The van der Waals surface area contributed by atoms with Crippen molar-refractivity contribution in [2.45, 2.75) is 26.8 Å². The molecule has 0 N–H and O–H groups in total. The molecule has 2 aromatic heterocycles. The first-order chi connectivity index (χ1) is 9.31. The number of aryl methyl sites for hydroxylation is 3. The van der Waals surface area contributed by atoms with Crippen molar-refractivity contribution < 1.29 is 4.79 Å². The molecule has 0 aliphatic rings. The second-order valence-electron chi connectivity index (χ2n) is 4.92. The minimum absolute atomic E-state index is 0.0584. The molecule has 4 nitrogen and oxygen atoms in total. The molecule has 0 saturated heterocycles. The van der Waals surface area contributed by atoms with Crippen molar-refractivity contribution >= 4 is 28.8 Å². The largest absolute Gasteiger partial charge is 0.345 e. The van der Waals surface area contributed by atoms with Gasteiger partial charge in [-0.3, -0.25) is 4.79 Å². The first-order valence-electron chi connectivity index (χ1n) is 6.34. The number of rotatable bonds is 3. The number of aromatic nitrogens is 2. The Balaban J connectivity index is 2.26. The van der Waals surface area contributed by atoms with Crippen LogP contribution < -0.4 is 0 Å². The fourth-order valence-corrected chi connectivity index (χ4v) is 3.37. The molecule has 1 unspecified atom stereocenters. The van der Waals surface area contributed by atoms with E-state index in [1.807, 2.05) is 27.8 Å². The van der Waals surface area contributed by atoms with Crippen LogP contribution in [0.25, 0.3) is 0 Å². The summed E-state index contributed by atoms with van der Waals surface area (Å²) < 4.78 is 1.74. The predicted octanol–water partition coefficient (Wildman–Crippen LogP) is 3.59. The van der Waals surface area contributed by atoms with Crippen LogP contribution in [-0.2, 0) is 7.05 Å². The topological polar surface area (TPSA) is 38.1 Å². The summed E-state index contributed by atoms with van der Waals surface area (Å²) in [6, 6.07) is 1.62. The van der Waals surface area contributed by atoms with Gasteiger partial charge in [-0.25, -0.2) is 4.98 Å². The second-order valence-corrected chi connectivity index (χ2v) is 6.76. The van der Waals surface area contributed by atoms with Gasteiger partial charge in [0.05, 0.1) is 21.8 Å². The van der Waals surface area contributed by atoms with Crippen LogP contribution in [0.2, 0.25) is 5.02 Å². The Morgan fingerprint density at radius 1 is 1.50 bits per heavy atom. The number of halogens is 1. The molecule has 20 heavy (non-hydrogen) atoms. The van der Waals surface area contributed by atoms with Crippen molar-refractivity contribution in [3.63, 3.8) is 0 Å². The summed E-state index contributed by atoms with van der Waals surface area (Å²) in [6.07, 6.45) is 1.73. The van der Waals surface area contributed by atoms with E-state index in [4.69, 9.17) is 11.6 Å². The maximum absolute atomic E-state index is 12.5. The highest BCUT2D eigenvalue weighted by atomic mass is 35.5. The summed E-state index contributed by atoms with van der Waals surface area (Å²) in [6.45, 7) is 6.00. The molecule has 2 heterocycles. The third kappa shape index (κ3) is 2.74. The van der Waals surface area contributed by atoms with Gasteiger partial charge >= 0.3 is 0 Å². The molecule has 0 fully saturated rings. The maximum atomic E-state index is 12.5. The smallest absolute Gasteiger partial charge is 0.270 e. The number of amides is 1. The van der Waals surface area contributed by atoms with E-state index in [2.05, 4.69) is 4.98 Å². The summed E-state index contributed by atoms with van der Waals surface area (Å²) in [5.74, 6) is -0.0584. The molecule has 0 radical (unpaired) electrons. The summed E-state index contributed by atoms with van der Waals surface area (Å²) >= 11 is 7.59. The molecule has 1 amide bonds. The SMILES string of the molecule is Cc1nc(C(C)N(C)C(=O)c2cc(Cl)cn2C)c(C)s1. The first kappa shape index (κ1) is 15.1. The van der Waals surface area contributed by atoms with Crippen LogP contribution in [0.15, 0.2) is 12.3 Å². The average molecular weight is 312 g/mol. The monoisotopic (exact) mass is 311 g/mol. The lowest BCUT2D eigenvalue weighted by molar-refractivity contribution is 0.0730. The summed E-state index contributed by atoms with van der Waals surface area (Å²) in [7, 11) is 3.61. The quantitative estimate of drug-likeness (QED) is 0.869. The molecule has 0 saturated carbocycles. The Hall–Kier alpha value is -1.33. The van der Waals surface area contributed by atoms with Crippen LogP contribution in [0.5, 0.6) is 0 Å². The van der Waals surface area contributed by atoms with E-state index in [0.717, 1.165) is 15.6 Å². The van der Waals surface area contributed by atoms with Crippen LogP contribution in [0.4, 0.5) is 0 Å². The third-order valence-corrected chi connectivity index (χ3v) is 4.54. The molecule has 1 atom stereocenters. The van der Waals surface area contributed by atoms with E-state index in [0.29, 0.717) is 10.7 Å². The number of nitrogens with zero attached hydrogens (tertiary/aromatic N) is 3. The second kappa shape index (κ2) is 5.58. The van der Waals surface area contributed by atoms with Gasteiger partial charge in [0.15, 0.2) is 0 Å². The zero-order valence-electron chi connectivity index (χ0n) is 12.3. The lowest BCUT2D eigenvalue weighted by Crippen LogP contribution is -2.31. The van der Waals surface area contributed by atoms with E-state index in [1.54, 1.807) is 40.1 Å². The molecule has 6 heteroatoms. The van der Waals surface area contributed by atoms with E-state index in [-0.39, 0.29) is 11.9 Å². The van der Waals surface area contributed by atoms with E-state index >= 15 is 0 Å². The third-order valence-electron chi connectivity index (χ3n) is 3.43. The molecule has 0 aliphatic heterocycles. The highest BCUT2D eigenvalue weighted by Gasteiger charge is 2.24. The predicted molar refractivity (Wildman–Crippen MR) is 82.5 cm³/mol. The van der Waals surface area contributed by atoms with Gasteiger partial charge in [0.2, 0.25) is 0 Å². The van der Waals surface area contributed by atoms with Crippen LogP contribution in [0.3, 0.4) is 0 Å². The highest BCUT2D eigenvalue weighted by molar-refractivity contribution is 7.11. The Labute approximate surface area is 128 Å². The van der Waals surface area contributed by atoms with Crippen molar-refractivity contribution in [2.24, 2.45) is 7.05 Å². The molecule has 108 valence electrons. The summed E-state index contributed by atoms with van der Waals surface area (Å²) in [4.78, 5) is 19.9. The Morgan fingerprint density at radius 3 is 2.60 bits per heavy atom. The Kier molecular flexibility index (Phi) is 4.20. The summed E-state index contributed by atoms with van der Waals surface area (Å²) in [5, 5.41) is 1.59. The van der Waals surface area contributed by atoms with E-state index in [1.165, 1.54) is 0 Å². The van der Waals surface area contributed by atoms with Crippen LogP contribution in [0, 0.1) is 13.8 Å². The molecular formula is C14H18ClN3OS. The van der Waals surface area contributed by atoms with Gasteiger partial charge in [0.1, 0.15) is 5.69 Å². The minimum atomic E-state index is -0.0684. The van der Waals surface area contributed by atoms with Crippen LogP contribution in [-0.4, -0.2) is 27.4 Å². The van der Waals surface area contributed by atoms with Gasteiger partial charge in [-0.15, -0.1) is 11.3 Å². The van der Waals surface area contributed by atoms with Gasteiger partial charge in [-0.2, -0.15) is 0 Å². The number of hydrogen-bond acceptors (Lipinski definition) is 3. The number of carbonyl (C=O) groups excluding carboxylic acids is 1. The van der Waals surface area contributed by atoms with Crippen molar-refractivity contribution in [3.8, 4) is 0 Å². The van der Waals surface area contributed by atoms with Crippen LogP contribution in [0.1, 0.15) is 39.0 Å². The van der Waals surface area contributed by atoms with Gasteiger partial charge < -0.3 is 9.47 Å². The molecule has 0 aromatic carbocycles. The molecule has 0 aliphatic carbocycles. The highest BCUT2D eigenvalue weighted by Crippen LogP contribution is 2.27. The zero-order valence-corrected chi connectivity index (χ0v) is 13.8. The first-order valence-corrected chi connectivity index (χ1v) is 7.53. The van der Waals surface area contributed by atoms with Gasteiger partial charge in [-0.05, 0) is 26.8 Å². The lowest BCUT2D eigenvalue weighted by atomic mass is 10.2. The van der Waals surface area contributed by atoms with Gasteiger partial charge in [0, 0.05) is 25.2 Å². The number of thiazole rings is 1. The molecular weight excluding hydrogens is 294 g/mol. The van der Waals surface area contributed by atoms with Crippen molar-refractivity contribution in [1.29, 1.82) is 0 Å². The molecule has 0 bridgehead atoms. The van der Waals surface area contributed by atoms with Crippen molar-refractivity contribution in [2.75, 3.05) is 7.05 Å². The van der Waals surface area contributed by atoms with Crippen molar-refractivity contribution in [3.05, 3.63) is 38.6 Å². The standard InChI is InChI=1S/C14H18ClN3OS/c1-8(13-9(2)20-10(3)16-13)18(5)14(19)12-6-11(15)7-17(12)4/h6-8H,1-5H3. The number of carbonyl (C=O) groups is 1. The summed E-state index contributed by atoms with van der Waals surface area (Å²) in [5.41, 5.74) is 1.54. The molecule has 0 spiro atoms. The van der Waals surface area contributed by atoms with E-state index in [9.17, 15) is 4.79 Å². The molecule has 2 aromatic rings. The zero-order chi connectivity index (χ0) is 15.0. The van der Waals surface area contributed by atoms with Gasteiger partial charge in [0.25, 0.3) is 5.91 Å². The average Bonchev–Trinajstić information content (AvgIpc) is 2.88.